The minimum Gasteiger partial charge on any atom is -0.394 e. The molecule has 4 N–H and O–H groups in total. The van der Waals surface area contributed by atoms with Crippen molar-refractivity contribution in [3.05, 3.63) is 11.5 Å². The van der Waals surface area contributed by atoms with E-state index >= 15 is 0 Å². The van der Waals surface area contributed by atoms with Crippen LogP contribution in [0.4, 0.5) is 11.5 Å². The summed E-state index contributed by atoms with van der Waals surface area (Å²) < 4.78 is 0. The number of nitrogens with one attached hydrogen (secondary N) is 1. The van der Waals surface area contributed by atoms with Crippen LogP contribution in [-0.4, -0.2) is 27.7 Å². The van der Waals surface area contributed by atoms with E-state index in [2.05, 4.69) is 29.1 Å². The molecule has 0 aliphatic carbocycles. The van der Waals surface area contributed by atoms with E-state index in [0.717, 1.165) is 6.42 Å². The summed E-state index contributed by atoms with van der Waals surface area (Å²) in [4.78, 5) is 7.74. The molecule has 16 heavy (non-hydrogen) atoms. The van der Waals surface area contributed by atoms with Gasteiger partial charge in [-0.05, 0) is 23.9 Å². The van der Waals surface area contributed by atoms with Crippen molar-refractivity contribution in [2.45, 2.75) is 26.3 Å². The highest BCUT2D eigenvalue weighted by molar-refractivity contribution is 6.28. The van der Waals surface area contributed by atoms with Gasteiger partial charge in [0.1, 0.15) is 0 Å². The zero-order valence-corrected chi connectivity index (χ0v) is 10.2. The molecule has 1 aromatic heterocycles. The molecular formula is C10H17ClN4O. The highest BCUT2D eigenvalue weighted by Crippen LogP contribution is 2.18. The molecule has 1 heterocycles. The van der Waals surface area contributed by atoms with Crippen molar-refractivity contribution in [3.63, 3.8) is 0 Å². The zero-order chi connectivity index (χ0) is 12.1. The summed E-state index contributed by atoms with van der Waals surface area (Å²) in [5.74, 6) is 0.947. The van der Waals surface area contributed by atoms with Crippen LogP contribution >= 0.6 is 11.6 Å². The molecule has 90 valence electrons. The maximum absolute atomic E-state index is 9.22. The fourth-order valence-electron chi connectivity index (χ4n) is 1.43. The molecular weight excluding hydrogens is 228 g/mol. The van der Waals surface area contributed by atoms with E-state index in [1.807, 2.05) is 0 Å². The summed E-state index contributed by atoms with van der Waals surface area (Å²) in [6.45, 7) is 4.19. The average molecular weight is 245 g/mol. The van der Waals surface area contributed by atoms with Gasteiger partial charge in [0.25, 0.3) is 0 Å². The third kappa shape index (κ3) is 3.83. The van der Waals surface area contributed by atoms with Crippen molar-refractivity contribution >= 4 is 23.1 Å². The largest absolute Gasteiger partial charge is 0.394 e. The van der Waals surface area contributed by atoms with Gasteiger partial charge in [0.15, 0.2) is 5.82 Å². The van der Waals surface area contributed by atoms with Crippen LogP contribution in [0.1, 0.15) is 20.3 Å². The molecule has 1 aromatic rings. The van der Waals surface area contributed by atoms with Gasteiger partial charge in [-0.2, -0.15) is 4.98 Å². The predicted octanol–water partition coefficient (Wildman–Crippen LogP) is 1.53. The number of rotatable bonds is 5. The highest BCUT2D eigenvalue weighted by atomic mass is 35.5. The topological polar surface area (TPSA) is 84.1 Å². The standard InChI is InChI=1S/C10H17ClN4O/c1-6(2)3-7(5-16)14-9-8(12)4-13-10(11)15-9/h4,6-7,16H,3,5,12H2,1-2H3,(H,13,14,15). The third-order valence-electron chi connectivity index (χ3n) is 2.10. The summed E-state index contributed by atoms with van der Waals surface area (Å²) in [7, 11) is 0. The monoisotopic (exact) mass is 244 g/mol. The normalized spacial score (nSPS) is 12.8. The van der Waals surface area contributed by atoms with E-state index in [-0.39, 0.29) is 17.9 Å². The van der Waals surface area contributed by atoms with Crippen LogP contribution in [-0.2, 0) is 0 Å². The van der Waals surface area contributed by atoms with Gasteiger partial charge in [-0.1, -0.05) is 13.8 Å². The van der Waals surface area contributed by atoms with Gasteiger partial charge in [-0.3, -0.25) is 0 Å². The van der Waals surface area contributed by atoms with Crippen molar-refractivity contribution in [2.24, 2.45) is 5.92 Å². The number of hydrogen-bond donors (Lipinski definition) is 3. The molecule has 0 spiro atoms. The Morgan fingerprint density at radius 1 is 1.56 bits per heavy atom. The Hall–Kier alpha value is -1.07. The Morgan fingerprint density at radius 3 is 2.81 bits per heavy atom. The first kappa shape index (κ1) is 13.0. The third-order valence-corrected chi connectivity index (χ3v) is 2.29. The van der Waals surface area contributed by atoms with E-state index in [9.17, 15) is 5.11 Å². The minimum atomic E-state index is -0.0757. The Balaban J connectivity index is 2.73. The minimum absolute atomic E-state index is 0.0270. The lowest BCUT2D eigenvalue weighted by Crippen LogP contribution is -2.26. The summed E-state index contributed by atoms with van der Waals surface area (Å²) in [6, 6.07) is -0.0757. The molecule has 0 aromatic carbocycles. The van der Waals surface area contributed by atoms with Crippen molar-refractivity contribution in [1.29, 1.82) is 0 Å². The van der Waals surface area contributed by atoms with Gasteiger partial charge in [0, 0.05) is 0 Å². The number of aliphatic hydroxyl groups is 1. The smallest absolute Gasteiger partial charge is 0.224 e. The number of nitrogens with two attached hydrogens (primary N) is 1. The number of aromatic nitrogens is 2. The van der Waals surface area contributed by atoms with Gasteiger partial charge < -0.3 is 16.2 Å². The Labute approximate surface area is 100 Å². The highest BCUT2D eigenvalue weighted by Gasteiger charge is 2.12. The lowest BCUT2D eigenvalue weighted by atomic mass is 10.0. The van der Waals surface area contributed by atoms with Gasteiger partial charge in [0.05, 0.1) is 24.5 Å². The molecule has 6 heteroatoms. The van der Waals surface area contributed by atoms with Crippen LogP contribution in [0.2, 0.25) is 5.28 Å². The summed E-state index contributed by atoms with van der Waals surface area (Å²) in [5, 5.41) is 12.4. The fraction of sp³-hybridized carbons (Fsp3) is 0.600. The average Bonchev–Trinajstić information content (AvgIpc) is 2.21. The molecule has 5 nitrogen and oxygen atoms in total. The van der Waals surface area contributed by atoms with Crippen LogP contribution in [0.5, 0.6) is 0 Å². The first-order chi connectivity index (χ1) is 7.52. The summed E-state index contributed by atoms with van der Waals surface area (Å²) in [5.41, 5.74) is 6.12. The molecule has 0 radical (unpaired) electrons. The van der Waals surface area contributed by atoms with E-state index in [4.69, 9.17) is 17.3 Å². The number of nitrogens with zero attached hydrogens (tertiary/aromatic N) is 2. The number of nitrogen functional groups attached to an aromatic ring is 1. The molecule has 0 saturated heterocycles. The molecule has 1 rings (SSSR count). The Bertz CT molecular complexity index is 346. The number of hydrogen-bond acceptors (Lipinski definition) is 5. The first-order valence-electron chi connectivity index (χ1n) is 5.18. The van der Waals surface area contributed by atoms with Crippen LogP contribution < -0.4 is 11.1 Å². The Morgan fingerprint density at radius 2 is 2.25 bits per heavy atom. The van der Waals surface area contributed by atoms with E-state index in [1.54, 1.807) is 0 Å². The second-order valence-corrected chi connectivity index (χ2v) is 4.43. The van der Waals surface area contributed by atoms with E-state index in [1.165, 1.54) is 6.20 Å². The molecule has 1 unspecified atom stereocenters. The maximum Gasteiger partial charge on any atom is 0.224 e. The SMILES string of the molecule is CC(C)CC(CO)Nc1nc(Cl)ncc1N. The van der Waals surface area contributed by atoms with Gasteiger partial charge in [-0.15, -0.1) is 0 Å². The zero-order valence-electron chi connectivity index (χ0n) is 9.44. The van der Waals surface area contributed by atoms with Gasteiger partial charge >= 0.3 is 0 Å². The van der Waals surface area contributed by atoms with Crippen molar-refractivity contribution < 1.29 is 5.11 Å². The van der Waals surface area contributed by atoms with Crippen molar-refractivity contribution in [3.8, 4) is 0 Å². The van der Waals surface area contributed by atoms with Gasteiger partial charge in [0.2, 0.25) is 5.28 Å². The number of aliphatic hydroxyl groups excluding tert-OH is 1. The molecule has 0 fully saturated rings. The van der Waals surface area contributed by atoms with Crippen molar-refractivity contribution in [2.75, 3.05) is 17.7 Å². The van der Waals surface area contributed by atoms with Crippen LogP contribution in [0.25, 0.3) is 0 Å². The molecule has 1 atom stereocenters. The number of halogens is 1. The second kappa shape index (κ2) is 5.86. The van der Waals surface area contributed by atoms with Crippen molar-refractivity contribution in [1.82, 2.24) is 9.97 Å². The molecule has 0 aliphatic rings. The second-order valence-electron chi connectivity index (χ2n) is 4.10. The fourth-order valence-corrected chi connectivity index (χ4v) is 1.56. The number of anilines is 2. The van der Waals surface area contributed by atoms with Crippen LogP contribution in [0.3, 0.4) is 0 Å². The van der Waals surface area contributed by atoms with E-state index < -0.39 is 0 Å². The lowest BCUT2D eigenvalue weighted by molar-refractivity contribution is 0.259. The molecule has 0 saturated carbocycles. The van der Waals surface area contributed by atoms with Crippen LogP contribution in [0, 0.1) is 5.92 Å². The maximum atomic E-state index is 9.22. The Kier molecular flexibility index (Phi) is 4.76. The molecule has 0 bridgehead atoms. The first-order valence-corrected chi connectivity index (χ1v) is 5.56. The quantitative estimate of drug-likeness (QED) is 0.684. The summed E-state index contributed by atoms with van der Waals surface area (Å²) >= 11 is 5.67. The lowest BCUT2D eigenvalue weighted by Gasteiger charge is -2.19. The van der Waals surface area contributed by atoms with E-state index in [0.29, 0.717) is 17.4 Å². The predicted molar refractivity (Wildman–Crippen MR) is 65.4 cm³/mol. The van der Waals surface area contributed by atoms with Crippen LogP contribution in [0.15, 0.2) is 6.20 Å². The molecule has 0 aliphatic heterocycles. The summed E-state index contributed by atoms with van der Waals surface area (Å²) in [6.07, 6.45) is 2.28. The molecule has 0 amide bonds. The van der Waals surface area contributed by atoms with Gasteiger partial charge in [-0.25, -0.2) is 4.98 Å².